The van der Waals surface area contributed by atoms with Gasteiger partial charge in [0, 0.05) is 37.8 Å². The molecule has 200 valence electrons. The van der Waals surface area contributed by atoms with Gasteiger partial charge in [-0.1, -0.05) is 61.5 Å². The van der Waals surface area contributed by atoms with Crippen LogP contribution >= 0.6 is 12.2 Å². The molecule has 1 atom stereocenters. The fraction of sp³-hybridized carbons (Fsp3) is 0.323. The molecule has 0 saturated carbocycles. The molecule has 0 amide bonds. The maximum absolute atomic E-state index is 6.01. The number of anilines is 3. The number of hydrogen-bond donors (Lipinski definition) is 2. The van der Waals surface area contributed by atoms with Crippen molar-refractivity contribution in [2.45, 2.75) is 39.3 Å². The minimum absolute atomic E-state index is 0.465. The van der Waals surface area contributed by atoms with Gasteiger partial charge >= 0.3 is 0 Å². The first-order chi connectivity index (χ1) is 19.1. The SMILES string of the molecule is C[C@H]1CCCN(c2cc(N3CCc4ccccc4C3)nc(NC(=S)NCc3ccc(-c4ccccc4)o3)n2)C1. The fourth-order valence-electron chi connectivity index (χ4n) is 5.43. The van der Waals surface area contributed by atoms with Crippen LogP contribution in [0.3, 0.4) is 0 Å². The maximum atomic E-state index is 6.01. The van der Waals surface area contributed by atoms with E-state index in [1.807, 2.05) is 42.5 Å². The lowest BCUT2D eigenvalue weighted by Crippen LogP contribution is -2.36. The van der Waals surface area contributed by atoms with Crippen LogP contribution in [-0.2, 0) is 19.5 Å². The number of benzene rings is 2. The van der Waals surface area contributed by atoms with Crippen molar-refractivity contribution >= 4 is 34.9 Å². The highest BCUT2D eigenvalue weighted by molar-refractivity contribution is 7.80. The lowest BCUT2D eigenvalue weighted by atomic mass is 10.00. The Balaban J connectivity index is 1.18. The molecule has 0 unspecified atom stereocenters. The molecule has 8 heteroatoms. The zero-order valence-corrected chi connectivity index (χ0v) is 23.1. The van der Waals surface area contributed by atoms with Crippen LogP contribution in [0.2, 0.25) is 0 Å². The molecule has 2 aliphatic rings. The Labute approximate surface area is 235 Å². The van der Waals surface area contributed by atoms with E-state index < -0.39 is 0 Å². The first-order valence-electron chi connectivity index (χ1n) is 13.8. The van der Waals surface area contributed by atoms with Gasteiger partial charge in [-0.05, 0) is 60.7 Å². The number of piperidine rings is 1. The highest BCUT2D eigenvalue weighted by Gasteiger charge is 2.23. The van der Waals surface area contributed by atoms with Gasteiger partial charge in [-0.2, -0.15) is 9.97 Å². The third kappa shape index (κ3) is 6.06. The Morgan fingerprint density at radius 3 is 2.54 bits per heavy atom. The van der Waals surface area contributed by atoms with Gasteiger partial charge in [0.05, 0.1) is 6.54 Å². The topological polar surface area (TPSA) is 69.5 Å². The van der Waals surface area contributed by atoms with Crippen LogP contribution in [0.4, 0.5) is 17.6 Å². The molecule has 7 nitrogen and oxygen atoms in total. The summed E-state index contributed by atoms with van der Waals surface area (Å²) in [7, 11) is 0. The van der Waals surface area contributed by atoms with Gasteiger partial charge < -0.3 is 24.9 Å². The van der Waals surface area contributed by atoms with E-state index in [-0.39, 0.29) is 0 Å². The van der Waals surface area contributed by atoms with Gasteiger partial charge in [0.2, 0.25) is 5.95 Å². The zero-order valence-electron chi connectivity index (χ0n) is 22.3. The molecule has 2 aromatic heterocycles. The molecule has 0 aliphatic carbocycles. The monoisotopic (exact) mass is 538 g/mol. The number of nitrogens with zero attached hydrogens (tertiary/aromatic N) is 4. The lowest BCUT2D eigenvalue weighted by Gasteiger charge is -2.34. The number of thiocarbonyl (C=S) groups is 1. The molecule has 2 N–H and O–H groups in total. The summed E-state index contributed by atoms with van der Waals surface area (Å²) in [6.45, 7) is 6.56. The minimum atomic E-state index is 0.465. The number of aromatic nitrogens is 2. The highest BCUT2D eigenvalue weighted by Crippen LogP contribution is 2.29. The normalized spacial score (nSPS) is 17.0. The second-order valence-electron chi connectivity index (χ2n) is 10.5. The molecule has 1 saturated heterocycles. The van der Waals surface area contributed by atoms with Crippen molar-refractivity contribution in [1.29, 1.82) is 0 Å². The summed E-state index contributed by atoms with van der Waals surface area (Å²) in [6.07, 6.45) is 3.44. The molecule has 2 aliphatic heterocycles. The van der Waals surface area contributed by atoms with Gasteiger partial charge in [-0.3, -0.25) is 0 Å². The van der Waals surface area contributed by atoms with E-state index in [1.165, 1.54) is 24.0 Å². The van der Waals surface area contributed by atoms with Gasteiger partial charge in [0.1, 0.15) is 23.2 Å². The van der Waals surface area contributed by atoms with Gasteiger partial charge in [-0.25, -0.2) is 0 Å². The summed E-state index contributed by atoms with van der Waals surface area (Å²) in [5.41, 5.74) is 3.83. The van der Waals surface area contributed by atoms with E-state index in [9.17, 15) is 0 Å². The number of rotatable bonds is 6. The summed E-state index contributed by atoms with van der Waals surface area (Å²) in [6, 6.07) is 24.9. The van der Waals surface area contributed by atoms with Gasteiger partial charge in [0.25, 0.3) is 0 Å². The van der Waals surface area contributed by atoms with Crippen molar-refractivity contribution in [2.24, 2.45) is 5.92 Å². The van der Waals surface area contributed by atoms with Gasteiger partial charge in [0.15, 0.2) is 5.11 Å². The zero-order chi connectivity index (χ0) is 26.6. The van der Waals surface area contributed by atoms with Crippen LogP contribution in [0.5, 0.6) is 0 Å². The van der Waals surface area contributed by atoms with Gasteiger partial charge in [-0.15, -0.1) is 0 Å². The van der Waals surface area contributed by atoms with E-state index in [4.69, 9.17) is 26.6 Å². The molecular weight excluding hydrogens is 504 g/mol. The number of fused-ring (bicyclic) bond motifs is 1. The molecule has 0 spiro atoms. The first kappa shape index (κ1) is 25.4. The Hall–Kier alpha value is -3.91. The van der Waals surface area contributed by atoms with Crippen molar-refractivity contribution in [3.8, 4) is 11.3 Å². The molecular formula is C31H34N6OS. The van der Waals surface area contributed by atoms with Crippen molar-refractivity contribution in [1.82, 2.24) is 15.3 Å². The van der Waals surface area contributed by atoms with Crippen molar-refractivity contribution in [3.05, 3.63) is 89.7 Å². The van der Waals surface area contributed by atoms with E-state index in [0.717, 1.165) is 61.3 Å². The molecule has 39 heavy (non-hydrogen) atoms. The minimum Gasteiger partial charge on any atom is -0.459 e. The standard InChI is InChI=1S/C31H34N6OS/c1-22-8-7-16-36(20-22)28-18-29(37-17-15-23-9-5-6-12-25(23)21-37)34-30(33-28)35-31(39)32-19-26-13-14-27(38-26)24-10-3-2-4-11-24/h2-6,9-14,18,22H,7-8,15-17,19-21H2,1H3,(H2,32,33,34,35,39)/t22-/m0/s1. The van der Waals surface area contributed by atoms with E-state index in [2.05, 4.69) is 57.7 Å². The second-order valence-corrected chi connectivity index (χ2v) is 10.9. The molecule has 2 aromatic carbocycles. The highest BCUT2D eigenvalue weighted by atomic mass is 32.1. The predicted molar refractivity (Wildman–Crippen MR) is 161 cm³/mol. The summed E-state index contributed by atoms with van der Waals surface area (Å²) < 4.78 is 6.01. The van der Waals surface area contributed by atoms with Crippen molar-refractivity contribution in [2.75, 3.05) is 34.8 Å². The molecule has 4 aromatic rings. The summed E-state index contributed by atoms with van der Waals surface area (Å²) in [5.74, 6) is 4.69. The largest absolute Gasteiger partial charge is 0.459 e. The average molecular weight is 539 g/mol. The second kappa shape index (κ2) is 11.5. The van der Waals surface area contributed by atoms with Crippen LogP contribution in [0.1, 0.15) is 36.7 Å². The summed E-state index contributed by atoms with van der Waals surface area (Å²) in [5, 5.41) is 6.96. The van der Waals surface area contributed by atoms with Crippen molar-refractivity contribution < 1.29 is 4.42 Å². The van der Waals surface area contributed by atoms with Crippen molar-refractivity contribution in [3.63, 3.8) is 0 Å². The molecule has 6 rings (SSSR count). The molecule has 4 heterocycles. The predicted octanol–water partition coefficient (Wildman–Crippen LogP) is 6.02. The fourth-order valence-corrected chi connectivity index (χ4v) is 5.60. The number of hydrogen-bond acceptors (Lipinski definition) is 6. The Kier molecular flexibility index (Phi) is 7.45. The van der Waals surface area contributed by atoms with Crippen LogP contribution < -0.4 is 20.4 Å². The smallest absolute Gasteiger partial charge is 0.232 e. The molecule has 1 fully saturated rings. The number of nitrogens with one attached hydrogen (secondary N) is 2. The van der Waals surface area contributed by atoms with E-state index >= 15 is 0 Å². The van der Waals surface area contributed by atoms with Crippen LogP contribution in [-0.4, -0.2) is 34.7 Å². The first-order valence-corrected chi connectivity index (χ1v) is 14.2. The van der Waals surface area contributed by atoms with Crippen LogP contribution in [0.25, 0.3) is 11.3 Å². The van der Waals surface area contributed by atoms with E-state index in [0.29, 0.717) is 23.5 Å². The van der Waals surface area contributed by atoms with Crippen LogP contribution in [0.15, 0.2) is 77.2 Å². The van der Waals surface area contributed by atoms with Crippen LogP contribution in [0, 0.1) is 5.92 Å². The average Bonchev–Trinajstić information content (AvgIpc) is 3.45. The summed E-state index contributed by atoms with van der Waals surface area (Å²) in [4.78, 5) is 14.5. The summed E-state index contributed by atoms with van der Waals surface area (Å²) >= 11 is 5.63. The Morgan fingerprint density at radius 1 is 0.949 bits per heavy atom. The Morgan fingerprint density at radius 2 is 1.72 bits per heavy atom. The quantitative estimate of drug-likeness (QED) is 0.289. The third-order valence-corrected chi connectivity index (χ3v) is 7.75. The third-order valence-electron chi connectivity index (χ3n) is 7.50. The molecule has 0 bridgehead atoms. The maximum Gasteiger partial charge on any atom is 0.232 e. The number of furan rings is 1. The van der Waals surface area contributed by atoms with E-state index in [1.54, 1.807) is 0 Å². The molecule has 0 radical (unpaired) electrons. The lowest BCUT2D eigenvalue weighted by molar-refractivity contribution is 0.444. The Bertz CT molecular complexity index is 1440.